The maximum Gasteiger partial charge on any atom is 0.340 e. The van der Waals surface area contributed by atoms with Crippen LogP contribution >= 0.6 is 0 Å². The van der Waals surface area contributed by atoms with Crippen LogP contribution in [0.4, 0.5) is 0 Å². The predicted octanol–water partition coefficient (Wildman–Crippen LogP) is 1.97. The first-order valence-electron chi connectivity index (χ1n) is 11.1. The molecule has 2 amide bonds. The third kappa shape index (κ3) is 5.03. The van der Waals surface area contributed by atoms with Gasteiger partial charge in [-0.15, -0.1) is 0 Å². The highest BCUT2D eigenvalue weighted by atomic mass is 16.5. The molecule has 1 aromatic rings. The Balaban J connectivity index is 1.56. The van der Waals surface area contributed by atoms with Crippen LogP contribution in [0.15, 0.2) is 0 Å². The number of aromatic amines is 1. The van der Waals surface area contributed by atoms with Crippen molar-refractivity contribution in [1.29, 1.82) is 0 Å². The Hall–Kier alpha value is -2.35. The van der Waals surface area contributed by atoms with Crippen LogP contribution in [0.1, 0.15) is 64.7 Å². The predicted molar refractivity (Wildman–Crippen MR) is 114 cm³/mol. The molecule has 0 bridgehead atoms. The van der Waals surface area contributed by atoms with E-state index in [1.807, 2.05) is 4.90 Å². The molecule has 2 saturated heterocycles. The molecule has 1 N–H and O–H groups in total. The summed E-state index contributed by atoms with van der Waals surface area (Å²) in [6, 6.07) is 0. The smallest absolute Gasteiger partial charge is 0.340 e. The molecular weight excluding hydrogens is 384 g/mol. The Kier molecular flexibility index (Phi) is 7.53. The van der Waals surface area contributed by atoms with Gasteiger partial charge in [-0.05, 0) is 39.2 Å². The van der Waals surface area contributed by atoms with E-state index < -0.39 is 5.97 Å². The molecule has 0 unspecified atom stereocenters. The fourth-order valence-corrected chi connectivity index (χ4v) is 4.35. The molecule has 0 saturated carbocycles. The normalized spacial score (nSPS) is 18.2. The number of carbonyl (C=O) groups excluding carboxylic acids is 3. The number of aromatic nitrogens is 1. The van der Waals surface area contributed by atoms with Gasteiger partial charge in [0.2, 0.25) is 5.91 Å². The quantitative estimate of drug-likeness (QED) is 0.739. The van der Waals surface area contributed by atoms with Crippen LogP contribution in [0.2, 0.25) is 0 Å². The molecule has 0 aromatic carbocycles. The summed E-state index contributed by atoms with van der Waals surface area (Å²) in [5, 5.41) is 0. The van der Waals surface area contributed by atoms with Crippen LogP contribution in [-0.4, -0.2) is 89.9 Å². The number of piperazine rings is 1. The summed E-state index contributed by atoms with van der Waals surface area (Å²) in [7, 11) is 0. The lowest BCUT2D eigenvalue weighted by Crippen LogP contribution is -2.51. The monoisotopic (exact) mass is 418 g/mol. The Morgan fingerprint density at radius 2 is 1.53 bits per heavy atom. The van der Waals surface area contributed by atoms with E-state index >= 15 is 0 Å². The van der Waals surface area contributed by atoms with Gasteiger partial charge >= 0.3 is 5.97 Å². The Morgan fingerprint density at radius 3 is 2.13 bits per heavy atom. The summed E-state index contributed by atoms with van der Waals surface area (Å²) in [4.78, 5) is 46.8. The van der Waals surface area contributed by atoms with Crippen LogP contribution in [0, 0.1) is 13.8 Å². The number of H-pyrrole nitrogens is 1. The van der Waals surface area contributed by atoms with Gasteiger partial charge in [0.1, 0.15) is 5.69 Å². The van der Waals surface area contributed by atoms with Gasteiger partial charge in [0.05, 0.1) is 18.7 Å². The lowest BCUT2D eigenvalue weighted by atomic mass is 10.1. The van der Waals surface area contributed by atoms with Crippen LogP contribution in [0.3, 0.4) is 0 Å². The second-order valence-corrected chi connectivity index (χ2v) is 8.21. The summed E-state index contributed by atoms with van der Waals surface area (Å²) < 4.78 is 5.11. The maximum absolute atomic E-state index is 13.0. The lowest BCUT2D eigenvalue weighted by Gasteiger charge is -2.35. The van der Waals surface area contributed by atoms with E-state index in [1.54, 1.807) is 25.7 Å². The van der Waals surface area contributed by atoms with E-state index in [4.69, 9.17) is 4.74 Å². The van der Waals surface area contributed by atoms with E-state index in [0.29, 0.717) is 61.8 Å². The van der Waals surface area contributed by atoms with Crippen molar-refractivity contribution in [3.05, 3.63) is 22.5 Å². The largest absolute Gasteiger partial charge is 0.462 e. The third-order valence-electron chi connectivity index (χ3n) is 6.11. The number of nitrogens with one attached hydrogen (secondary N) is 1. The number of carbonyl (C=O) groups is 3. The fraction of sp³-hybridized carbons (Fsp3) is 0.682. The Morgan fingerprint density at radius 1 is 0.900 bits per heavy atom. The molecule has 8 nitrogen and oxygen atoms in total. The molecule has 2 aliphatic heterocycles. The molecule has 3 heterocycles. The molecule has 30 heavy (non-hydrogen) atoms. The highest BCUT2D eigenvalue weighted by molar-refractivity contribution is 6.00. The van der Waals surface area contributed by atoms with Gasteiger partial charge in [0.15, 0.2) is 0 Å². The standard InChI is InChI=1S/C22H34N4O4/c1-4-30-22(29)19-16(2)20(23-17(19)3)21(28)26-13-11-24(12-14-26)15-18(27)25-9-7-5-6-8-10-25/h23H,4-15H2,1-3H3. The SMILES string of the molecule is CCOC(=O)c1c(C)[nH]c(C(=O)N2CCN(CC(=O)N3CCCCCC3)CC2)c1C. The Bertz CT molecular complexity index is 772. The molecule has 2 aliphatic rings. The summed E-state index contributed by atoms with van der Waals surface area (Å²) >= 11 is 0. The summed E-state index contributed by atoms with van der Waals surface area (Å²) in [6.07, 6.45) is 4.60. The lowest BCUT2D eigenvalue weighted by molar-refractivity contribution is -0.132. The van der Waals surface area contributed by atoms with Crippen molar-refractivity contribution < 1.29 is 19.1 Å². The minimum absolute atomic E-state index is 0.107. The van der Waals surface area contributed by atoms with Gasteiger partial charge in [-0.3, -0.25) is 14.5 Å². The van der Waals surface area contributed by atoms with E-state index in [9.17, 15) is 14.4 Å². The number of rotatable bonds is 5. The average molecular weight is 419 g/mol. The van der Waals surface area contributed by atoms with E-state index in [0.717, 1.165) is 25.9 Å². The van der Waals surface area contributed by atoms with Crippen molar-refractivity contribution in [3.8, 4) is 0 Å². The second-order valence-electron chi connectivity index (χ2n) is 8.21. The number of ether oxygens (including phenoxy) is 1. The molecule has 0 atom stereocenters. The zero-order chi connectivity index (χ0) is 21.7. The maximum atomic E-state index is 13.0. The molecule has 8 heteroatoms. The van der Waals surface area contributed by atoms with E-state index in [-0.39, 0.29) is 11.8 Å². The minimum atomic E-state index is -0.403. The van der Waals surface area contributed by atoms with Gasteiger partial charge in [0, 0.05) is 45.0 Å². The molecule has 1 aromatic heterocycles. The van der Waals surface area contributed by atoms with Gasteiger partial charge in [-0.25, -0.2) is 4.79 Å². The summed E-state index contributed by atoms with van der Waals surface area (Å²) in [5.74, 6) is -0.309. The number of nitrogens with zero attached hydrogens (tertiary/aromatic N) is 3. The zero-order valence-electron chi connectivity index (χ0n) is 18.5. The van der Waals surface area contributed by atoms with Crippen molar-refractivity contribution in [2.45, 2.75) is 46.5 Å². The number of esters is 1. The van der Waals surface area contributed by atoms with Gasteiger partial charge in [-0.1, -0.05) is 12.8 Å². The fourth-order valence-electron chi connectivity index (χ4n) is 4.35. The molecule has 3 rings (SSSR count). The zero-order valence-corrected chi connectivity index (χ0v) is 18.5. The molecule has 2 fully saturated rings. The first-order valence-corrected chi connectivity index (χ1v) is 11.1. The first kappa shape index (κ1) is 22.3. The average Bonchev–Trinajstić information content (AvgIpc) is 2.90. The number of likely N-dealkylation sites (tertiary alicyclic amines) is 1. The molecule has 166 valence electrons. The molecular formula is C22H34N4O4. The molecule has 0 radical (unpaired) electrons. The van der Waals surface area contributed by atoms with Crippen LogP contribution in [0.25, 0.3) is 0 Å². The van der Waals surface area contributed by atoms with E-state index in [2.05, 4.69) is 9.88 Å². The number of hydrogen-bond donors (Lipinski definition) is 1. The topological polar surface area (TPSA) is 86.0 Å². The van der Waals surface area contributed by atoms with E-state index in [1.165, 1.54) is 12.8 Å². The van der Waals surface area contributed by atoms with Crippen molar-refractivity contribution in [2.24, 2.45) is 0 Å². The van der Waals surface area contributed by atoms with Gasteiger partial charge in [-0.2, -0.15) is 0 Å². The number of amides is 2. The number of aryl methyl sites for hydroxylation is 1. The summed E-state index contributed by atoms with van der Waals surface area (Å²) in [6.45, 7) is 10.3. The highest BCUT2D eigenvalue weighted by Crippen LogP contribution is 2.21. The third-order valence-corrected chi connectivity index (χ3v) is 6.11. The first-order chi connectivity index (χ1) is 14.4. The highest BCUT2D eigenvalue weighted by Gasteiger charge is 2.29. The van der Waals surface area contributed by atoms with Crippen molar-refractivity contribution in [3.63, 3.8) is 0 Å². The second kappa shape index (κ2) is 10.1. The van der Waals surface area contributed by atoms with Crippen molar-refractivity contribution in [1.82, 2.24) is 19.7 Å². The van der Waals surface area contributed by atoms with Crippen molar-refractivity contribution >= 4 is 17.8 Å². The van der Waals surface area contributed by atoms with Crippen LogP contribution < -0.4 is 0 Å². The molecule has 0 spiro atoms. The molecule has 0 aliphatic carbocycles. The number of hydrogen-bond acceptors (Lipinski definition) is 5. The van der Waals surface area contributed by atoms with Gasteiger partial charge in [0.25, 0.3) is 5.91 Å². The minimum Gasteiger partial charge on any atom is -0.462 e. The Labute approximate surface area is 178 Å². The van der Waals surface area contributed by atoms with Crippen LogP contribution in [0.5, 0.6) is 0 Å². The van der Waals surface area contributed by atoms with Crippen LogP contribution in [-0.2, 0) is 9.53 Å². The van der Waals surface area contributed by atoms with Crippen molar-refractivity contribution in [2.75, 3.05) is 52.4 Å². The van der Waals surface area contributed by atoms with Gasteiger partial charge < -0.3 is 19.5 Å². The summed E-state index contributed by atoms with van der Waals surface area (Å²) in [5.41, 5.74) is 2.18.